The minimum absolute atomic E-state index is 0.112. The standard InChI is InChI=1S/C16H16N2O5/c19-16(20)8-9-17-14-7-6-13(10-15(14)18(21)22)23-11-12-4-2-1-3-5-12/h1-7,10,17H,8-9,11H2,(H,19,20). The normalized spacial score (nSPS) is 10.1. The highest BCUT2D eigenvalue weighted by Gasteiger charge is 2.15. The number of nitrogens with one attached hydrogen (secondary N) is 1. The molecule has 0 heterocycles. The van der Waals surface area contributed by atoms with Crippen molar-refractivity contribution in [2.75, 3.05) is 11.9 Å². The average Bonchev–Trinajstić information content (AvgIpc) is 2.54. The van der Waals surface area contributed by atoms with Crippen LogP contribution in [0.1, 0.15) is 12.0 Å². The molecular weight excluding hydrogens is 300 g/mol. The van der Waals surface area contributed by atoms with E-state index in [1.807, 2.05) is 30.3 Å². The Labute approximate surface area is 132 Å². The Morgan fingerprint density at radius 1 is 1.22 bits per heavy atom. The van der Waals surface area contributed by atoms with Crippen LogP contribution in [-0.4, -0.2) is 22.5 Å². The van der Waals surface area contributed by atoms with Crippen LogP contribution in [0.5, 0.6) is 5.75 Å². The molecule has 0 amide bonds. The molecule has 0 atom stereocenters. The summed E-state index contributed by atoms with van der Waals surface area (Å²) in [4.78, 5) is 21.1. The Hall–Kier alpha value is -3.09. The fourth-order valence-electron chi connectivity index (χ4n) is 1.95. The number of carboxylic acids is 1. The number of anilines is 1. The predicted octanol–water partition coefficient (Wildman–Crippen LogP) is 3.06. The Kier molecular flexibility index (Phi) is 5.51. The number of carboxylic acid groups (broad SMARTS) is 1. The van der Waals surface area contributed by atoms with E-state index < -0.39 is 10.9 Å². The number of nitro benzene ring substituents is 1. The van der Waals surface area contributed by atoms with Gasteiger partial charge in [0.1, 0.15) is 18.0 Å². The van der Waals surface area contributed by atoms with Gasteiger partial charge in [0.05, 0.1) is 17.4 Å². The minimum Gasteiger partial charge on any atom is -0.489 e. The van der Waals surface area contributed by atoms with Crippen molar-refractivity contribution in [3.63, 3.8) is 0 Å². The molecule has 0 unspecified atom stereocenters. The monoisotopic (exact) mass is 316 g/mol. The first-order chi connectivity index (χ1) is 11.1. The second-order valence-electron chi connectivity index (χ2n) is 4.78. The zero-order valence-electron chi connectivity index (χ0n) is 12.3. The summed E-state index contributed by atoms with van der Waals surface area (Å²) in [6.45, 7) is 0.421. The molecule has 7 heteroatoms. The van der Waals surface area contributed by atoms with E-state index >= 15 is 0 Å². The molecule has 0 saturated carbocycles. The number of nitro groups is 1. The van der Waals surface area contributed by atoms with E-state index in [-0.39, 0.29) is 24.3 Å². The predicted molar refractivity (Wildman–Crippen MR) is 84.6 cm³/mol. The molecule has 2 N–H and O–H groups in total. The lowest BCUT2D eigenvalue weighted by Gasteiger charge is -2.09. The molecule has 2 aromatic carbocycles. The Bertz CT molecular complexity index is 688. The van der Waals surface area contributed by atoms with Crippen molar-refractivity contribution in [3.05, 3.63) is 64.2 Å². The van der Waals surface area contributed by atoms with Gasteiger partial charge in [-0.15, -0.1) is 0 Å². The van der Waals surface area contributed by atoms with Crippen LogP contribution in [0.15, 0.2) is 48.5 Å². The highest BCUT2D eigenvalue weighted by Crippen LogP contribution is 2.29. The van der Waals surface area contributed by atoms with Crippen molar-refractivity contribution in [2.24, 2.45) is 0 Å². The Morgan fingerprint density at radius 2 is 1.96 bits per heavy atom. The summed E-state index contributed by atoms with van der Waals surface area (Å²) < 4.78 is 5.55. The number of aliphatic carboxylic acids is 1. The summed E-state index contributed by atoms with van der Waals surface area (Å²) in [5, 5.41) is 22.5. The van der Waals surface area contributed by atoms with Crippen LogP contribution < -0.4 is 10.1 Å². The topological polar surface area (TPSA) is 102 Å². The molecule has 0 aliphatic heterocycles. The average molecular weight is 316 g/mol. The van der Waals surface area contributed by atoms with Gasteiger partial charge >= 0.3 is 5.97 Å². The molecular formula is C16H16N2O5. The van der Waals surface area contributed by atoms with Crippen molar-refractivity contribution >= 4 is 17.3 Å². The second kappa shape index (κ2) is 7.79. The van der Waals surface area contributed by atoms with Gasteiger partial charge in [-0.2, -0.15) is 0 Å². The molecule has 0 radical (unpaired) electrons. The van der Waals surface area contributed by atoms with Gasteiger partial charge in [-0.3, -0.25) is 14.9 Å². The highest BCUT2D eigenvalue weighted by atomic mass is 16.6. The molecule has 2 aromatic rings. The molecule has 2 rings (SSSR count). The van der Waals surface area contributed by atoms with Crippen LogP contribution in [-0.2, 0) is 11.4 Å². The SMILES string of the molecule is O=C(O)CCNc1ccc(OCc2ccccc2)cc1[N+](=O)[O-]. The summed E-state index contributed by atoms with van der Waals surface area (Å²) in [5.74, 6) is -0.590. The van der Waals surface area contributed by atoms with E-state index in [1.165, 1.54) is 12.1 Å². The first kappa shape index (κ1) is 16.3. The van der Waals surface area contributed by atoms with Gasteiger partial charge in [0.2, 0.25) is 0 Å². The summed E-state index contributed by atoms with van der Waals surface area (Å²) >= 11 is 0. The number of carbonyl (C=O) groups is 1. The van der Waals surface area contributed by atoms with E-state index in [2.05, 4.69) is 5.32 Å². The third kappa shape index (κ3) is 4.99. The maximum absolute atomic E-state index is 11.1. The van der Waals surface area contributed by atoms with Gasteiger partial charge in [0.25, 0.3) is 5.69 Å². The van der Waals surface area contributed by atoms with Crippen molar-refractivity contribution in [2.45, 2.75) is 13.0 Å². The van der Waals surface area contributed by atoms with Crippen molar-refractivity contribution in [1.29, 1.82) is 0 Å². The number of rotatable bonds is 8. The van der Waals surface area contributed by atoms with Crippen LogP contribution in [0.25, 0.3) is 0 Å². The third-order valence-electron chi connectivity index (χ3n) is 3.07. The lowest BCUT2D eigenvalue weighted by atomic mass is 10.2. The Balaban J connectivity index is 2.06. The molecule has 23 heavy (non-hydrogen) atoms. The lowest BCUT2D eigenvalue weighted by molar-refractivity contribution is -0.384. The molecule has 0 fully saturated rings. The number of benzene rings is 2. The Morgan fingerprint density at radius 3 is 2.61 bits per heavy atom. The number of ether oxygens (including phenoxy) is 1. The van der Waals surface area contributed by atoms with Gasteiger partial charge < -0.3 is 15.2 Å². The van der Waals surface area contributed by atoms with E-state index in [1.54, 1.807) is 6.07 Å². The second-order valence-corrected chi connectivity index (χ2v) is 4.78. The first-order valence-corrected chi connectivity index (χ1v) is 6.97. The van der Waals surface area contributed by atoms with Crippen molar-refractivity contribution < 1.29 is 19.6 Å². The molecule has 0 saturated heterocycles. The van der Waals surface area contributed by atoms with Gasteiger partial charge in [0.15, 0.2) is 0 Å². The fourth-order valence-corrected chi connectivity index (χ4v) is 1.95. The van der Waals surface area contributed by atoms with Crippen LogP contribution in [0.4, 0.5) is 11.4 Å². The summed E-state index contributed by atoms with van der Waals surface area (Å²) in [5.41, 5.74) is 1.07. The van der Waals surface area contributed by atoms with E-state index in [0.717, 1.165) is 5.56 Å². The lowest BCUT2D eigenvalue weighted by Crippen LogP contribution is -2.09. The van der Waals surface area contributed by atoms with Crippen LogP contribution in [0.2, 0.25) is 0 Å². The zero-order valence-corrected chi connectivity index (χ0v) is 12.3. The maximum atomic E-state index is 11.1. The molecule has 120 valence electrons. The molecule has 7 nitrogen and oxygen atoms in total. The largest absolute Gasteiger partial charge is 0.489 e. The van der Waals surface area contributed by atoms with Gasteiger partial charge in [-0.25, -0.2) is 0 Å². The quantitative estimate of drug-likeness (QED) is 0.573. The maximum Gasteiger partial charge on any atom is 0.305 e. The molecule has 0 bridgehead atoms. The smallest absolute Gasteiger partial charge is 0.305 e. The molecule has 0 spiro atoms. The summed E-state index contributed by atoms with van der Waals surface area (Å²) in [6, 6.07) is 13.9. The third-order valence-corrected chi connectivity index (χ3v) is 3.07. The van der Waals surface area contributed by atoms with Crippen LogP contribution in [0, 0.1) is 10.1 Å². The number of hydrogen-bond acceptors (Lipinski definition) is 5. The molecule has 0 aromatic heterocycles. The van der Waals surface area contributed by atoms with Gasteiger partial charge in [-0.1, -0.05) is 30.3 Å². The van der Waals surface area contributed by atoms with Gasteiger partial charge in [0, 0.05) is 6.54 Å². The summed E-state index contributed by atoms with van der Waals surface area (Å²) in [7, 11) is 0. The van der Waals surface area contributed by atoms with E-state index in [0.29, 0.717) is 12.4 Å². The molecule has 0 aliphatic carbocycles. The van der Waals surface area contributed by atoms with Crippen molar-refractivity contribution in [1.82, 2.24) is 0 Å². The fraction of sp³-hybridized carbons (Fsp3) is 0.188. The first-order valence-electron chi connectivity index (χ1n) is 6.97. The van der Waals surface area contributed by atoms with Gasteiger partial charge in [-0.05, 0) is 17.7 Å². The minimum atomic E-state index is -0.969. The van der Waals surface area contributed by atoms with Crippen LogP contribution in [0.3, 0.4) is 0 Å². The van der Waals surface area contributed by atoms with E-state index in [4.69, 9.17) is 9.84 Å². The number of hydrogen-bond donors (Lipinski definition) is 2. The highest BCUT2D eigenvalue weighted by molar-refractivity contribution is 5.69. The zero-order chi connectivity index (χ0) is 16.7. The number of nitrogens with zero attached hydrogens (tertiary/aromatic N) is 1. The van der Waals surface area contributed by atoms with Crippen LogP contribution >= 0.6 is 0 Å². The van der Waals surface area contributed by atoms with E-state index in [9.17, 15) is 14.9 Å². The van der Waals surface area contributed by atoms with Crippen molar-refractivity contribution in [3.8, 4) is 5.75 Å². The summed E-state index contributed by atoms with van der Waals surface area (Å²) in [6.07, 6.45) is -0.122. The molecule has 0 aliphatic rings.